The van der Waals surface area contributed by atoms with Crippen molar-refractivity contribution in [2.75, 3.05) is 24.3 Å². The average molecular weight is 426 g/mol. The van der Waals surface area contributed by atoms with E-state index in [9.17, 15) is 9.59 Å². The number of amides is 2. The number of carbonyl (C=O) groups is 2. The van der Waals surface area contributed by atoms with Gasteiger partial charge in [-0.25, -0.2) is 0 Å². The lowest BCUT2D eigenvalue weighted by Crippen LogP contribution is -2.30. The number of nitrogens with one attached hydrogen (secondary N) is 1. The molecule has 3 aromatic rings. The number of hydrogen-bond acceptors (Lipinski definition) is 5. The molecule has 0 aliphatic heterocycles. The quantitative estimate of drug-likeness (QED) is 0.525. The number of thiophene rings is 1. The molecule has 2 aromatic heterocycles. The Balaban J connectivity index is 1.91. The predicted molar refractivity (Wildman–Crippen MR) is 121 cm³/mol. The molecule has 0 radical (unpaired) electrons. The third-order valence-electron chi connectivity index (χ3n) is 4.63. The molecule has 0 bridgehead atoms. The van der Waals surface area contributed by atoms with E-state index in [0.717, 1.165) is 29.1 Å². The minimum absolute atomic E-state index is 0.0110. The van der Waals surface area contributed by atoms with Crippen molar-refractivity contribution in [3.63, 3.8) is 0 Å². The summed E-state index contributed by atoms with van der Waals surface area (Å²) in [6.45, 7) is 2.73. The van der Waals surface area contributed by atoms with Crippen LogP contribution in [0.25, 0.3) is 0 Å². The number of anilines is 2. The number of nitrogens with zero attached hydrogens (tertiary/aromatic N) is 2. The Morgan fingerprint density at radius 1 is 1.10 bits per heavy atom. The zero-order valence-corrected chi connectivity index (χ0v) is 18.4. The van der Waals surface area contributed by atoms with E-state index in [4.69, 9.17) is 4.42 Å². The molecule has 0 atom stereocenters. The highest BCUT2D eigenvalue weighted by molar-refractivity contribution is 7.12. The molecule has 0 aliphatic carbocycles. The van der Waals surface area contributed by atoms with Crippen LogP contribution in [0.2, 0.25) is 0 Å². The molecule has 0 spiro atoms. The number of hydrogen-bond donors (Lipinski definition) is 1. The van der Waals surface area contributed by atoms with Crippen LogP contribution in [0.15, 0.2) is 58.5 Å². The maximum Gasteiger partial charge on any atom is 0.264 e. The highest BCUT2D eigenvalue weighted by Crippen LogP contribution is 2.26. The molecule has 0 saturated carbocycles. The van der Waals surface area contributed by atoms with E-state index < -0.39 is 0 Å². The molecule has 0 aliphatic rings. The van der Waals surface area contributed by atoms with Gasteiger partial charge in [-0.05, 0) is 53.8 Å². The van der Waals surface area contributed by atoms with Crippen molar-refractivity contribution < 1.29 is 14.0 Å². The first kappa shape index (κ1) is 21.6. The fourth-order valence-corrected chi connectivity index (χ4v) is 3.92. The van der Waals surface area contributed by atoms with Crippen molar-refractivity contribution >= 4 is 34.5 Å². The average Bonchev–Trinajstić information content (AvgIpc) is 3.41. The van der Waals surface area contributed by atoms with Gasteiger partial charge in [0.15, 0.2) is 0 Å². The van der Waals surface area contributed by atoms with Gasteiger partial charge in [-0.15, -0.1) is 11.3 Å². The van der Waals surface area contributed by atoms with Gasteiger partial charge in [-0.2, -0.15) is 0 Å². The monoisotopic (exact) mass is 425 g/mol. The molecule has 30 heavy (non-hydrogen) atoms. The van der Waals surface area contributed by atoms with E-state index >= 15 is 0 Å². The van der Waals surface area contributed by atoms with Gasteiger partial charge >= 0.3 is 0 Å². The zero-order valence-electron chi connectivity index (χ0n) is 17.6. The maximum atomic E-state index is 13.2. The van der Waals surface area contributed by atoms with Gasteiger partial charge in [0, 0.05) is 38.4 Å². The molecule has 6 nitrogen and oxygen atoms in total. The maximum absolute atomic E-state index is 13.2. The molecule has 1 N–H and O–H groups in total. The normalized spacial score (nSPS) is 10.6. The lowest BCUT2D eigenvalue weighted by atomic mass is 10.1. The van der Waals surface area contributed by atoms with Crippen molar-refractivity contribution in [1.29, 1.82) is 0 Å². The topological polar surface area (TPSA) is 65.8 Å². The Morgan fingerprint density at radius 2 is 1.93 bits per heavy atom. The van der Waals surface area contributed by atoms with E-state index in [1.165, 1.54) is 11.3 Å². The van der Waals surface area contributed by atoms with Crippen LogP contribution in [0.5, 0.6) is 0 Å². The van der Waals surface area contributed by atoms with Crippen LogP contribution in [0.3, 0.4) is 0 Å². The van der Waals surface area contributed by atoms with Gasteiger partial charge in [0.2, 0.25) is 5.91 Å². The summed E-state index contributed by atoms with van der Waals surface area (Å²) >= 11 is 1.42. The standard InChI is InChI=1S/C23H27N3O3S/c1-4-7-22(27)24-18-10-11-20(25(2)3)17(14-18)15-26(16-19-8-5-12-29-19)23(28)21-9-6-13-30-21/h5-6,8-14H,4,7,15-16H2,1-3H3,(H,24,27). The smallest absolute Gasteiger partial charge is 0.264 e. The summed E-state index contributed by atoms with van der Waals surface area (Å²) in [7, 11) is 3.93. The zero-order chi connectivity index (χ0) is 21.5. The minimum Gasteiger partial charge on any atom is -0.467 e. The Kier molecular flexibility index (Phi) is 7.30. The van der Waals surface area contributed by atoms with E-state index in [2.05, 4.69) is 5.32 Å². The first-order valence-electron chi connectivity index (χ1n) is 9.93. The summed E-state index contributed by atoms with van der Waals surface area (Å²) < 4.78 is 5.49. The highest BCUT2D eigenvalue weighted by atomic mass is 32.1. The first-order chi connectivity index (χ1) is 14.5. The van der Waals surface area contributed by atoms with Gasteiger partial charge in [0.1, 0.15) is 5.76 Å². The minimum atomic E-state index is -0.0495. The fraction of sp³-hybridized carbons (Fsp3) is 0.304. The number of furan rings is 1. The Hall–Kier alpha value is -3.06. The molecular formula is C23H27N3O3S. The predicted octanol–water partition coefficient (Wildman–Crippen LogP) is 4.99. The summed E-state index contributed by atoms with van der Waals surface area (Å²) in [4.78, 5) is 29.7. The molecule has 1 aromatic carbocycles. The molecular weight excluding hydrogens is 398 g/mol. The highest BCUT2D eigenvalue weighted by Gasteiger charge is 2.21. The second kappa shape index (κ2) is 10.1. The van der Waals surface area contributed by atoms with Crippen molar-refractivity contribution in [3.05, 3.63) is 70.3 Å². The van der Waals surface area contributed by atoms with Crippen LogP contribution in [0.1, 0.15) is 40.8 Å². The molecule has 158 valence electrons. The summed E-state index contributed by atoms with van der Waals surface area (Å²) in [6.07, 6.45) is 2.88. The Bertz CT molecular complexity index is 966. The van der Waals surface area contributed by atoms with Crippen LogP contribution in [-0.4, -0.2) is 30.8 Å². The van der Waals surface area contributed by atoms with E-state index in [1.54, 1.807) is 11.2 Å². The van der Waals surface area contributed by atoms with E-state index in [-0.39, 0.29) is 11.8 Å². The summed E-state index contributed by atoms with van der Waals surface area (Å²) in [5.41, 5.74) is 2.67. The van der Waals surface area contributed by atoms with Crippen LogP contribution in [0.4, 0.5) is 11.4 Å². The third kappa shape index (κ3) is 5.51. The van der Waals surface area contributed by atoms with Crippen LogP contribution in [0, 0.1) is 0 Å². The van der Waals surface area contributed by atoms with Crippen LogP contribution in [-0.2, 0) is 17.9 Å². The van der Waals surface area contributed by atoms with Gasteiger partial charge in [0.05, 0.1) is 17.7 Å². The van der Waals surface area contributed by atoms with Crippen LogP contribution >= 0.6 is 11.3 Å². The van der Waals surface area contributed by atoms with Gasteiger partial charge in [-0.3, -0.25) is 9.59 Å². The van der Waals surface area contributed by atoms with E-state index in [1.807, 2.05) is 73.8 Å². The van der Waals surface area contributed by atoms with Crippen molar-refractivity contribution in [2.24, 2.45) is 0 Å². The summed E-state index contributed by atoms with van der Waals surface area (Å²) in [5, 5.41) is 4.84. The fourth-order valence-electron chi connectivity index (χ4n) is 3.23. The summed E-state index contributed by atoms with van der Waals surface area (Å²) in [6, 6.07) is 13.2. The molecule has 0 saturated heterocycles. The lowest BCUT2D eigenvalue weighted by Gasteiger charge is -2.25. The van der Waals surface area contributed by atoms with E-state index in [0.29, 0.717) is 24.4 Å². The molecule has 2 amide bonds. The molecule has 7 heteroatoms. The van der Waals surface area contributed by atoms with Crippen molar-refractivity contribution in [1.82, 2.24) is 4.90 Å². The van der Waals surface area contributed by atoms with Crippen LogP contribution < -0.4 is 10.2 Å². The van der Waals surface area contributed by atoms with Gasteiger partial charge < -0.3 is 19.5 Å². The Morgan fingerprint density at radius 3 is 2.57 bits per heavy atom. The van der Waals surface area contributed by atoms with Gasteiger partial charge in [0.25, 0.3) is 5.91 Å². The molecule has 0 fully saturated rings. The first-order valence-corrected chi connectivity index (χ1v) is 10.8. The van der Waals surface area contributed by atoms with Gasteiger partial charge in [-0.1, -0.05) is 13.0 Å². The lowest BCUT2D eigenvalue weighted by molar-refractivity contribution is -0.116. The van der Waals surface area contributed by atoms with Crippen molar-refractivity contribution in [2.45, 2.75) is 32.9 Å². The third-order valence-corrected chi connectivity index (χ3v) is 5.49. The summed E-state index contributed by atoms with van der Waals surface area (Å²) in [5.74, 6) is 0.661. The largest absolute Gasteiger partial charge is 0.467 e. The Labute approximate surface area is 181 Å². The number of rotatable bonds is 9. The second-order valence-corrected chi connectivity index (χ2v) is 8.20. The van der Waals surface area contributed by atoms with Crippen molar-refractivity contribution in [3.8, 4) is 0 Å². The molecule has 2 heterocycles. The number of carbonyl (C=O) groups excluding carboxylic acids is 2. The second-order valence-electron chi connectivity index (χ2n) is 7.25. The molecule has 0 unspecified atom stereocenters. The molecule has 3 rings (SSSR count). The number of benzene rings is 1. The SMILES string of the molecule is CCCC(=O)Nc1ccc(N(C)C)c(CN(Cc2ccco2)C(=O)c2cccs2)c1.